The first-order valence-electron chi connectivity index (χ1n) is 6.05. The number of amides is 1. The number of hydrogen-bond donors (Lipinski definition) is 3. The van der Waals surface area contributed by atoms with Gasteiger partial charge < -0.3 is 10.4 Å². The molecule has 0 heterocycles. The highest BCUT2D eigenvalue weighted by Gasteiger charge is 2.32. The Morgan fingerprint density at radius 1 is 1.36 bits per heavy atom. The lowest BCUT2D eigenvalue weighted by atomic mass is 10.1. The van der Waals surface area contributed by atoms with Crippen LogP contribution in [0.3, 0.4) is 0 Å². The van der Waals surface area contributed by atoms with Crippen molar-refractivity contribution in [1.29, 1.82) is 0 Å². The van der Waals surface area contributed by atoms with Gasteiger partial charge in [0.2, 0.25) is 15.9 Å². The van der Waals surface area contributed by atoms with Crippen LogP contribution in [0.5, 0.6) is 0 Å². The highest BCUT2D eigenvalue weighted by atomic mass is 32.2. The summed E-state index contributed by atoms with van der Waals surface area (Å²) in [5.41, 5.74) is -1.11. The molecule has 0 spiro atoms. The Morgan fingerprint density at radius 3 is 2.36 bits per heavy atom. The topological polar surface area (TPSA) is 95.5 Å². The zero-order chi connectivity index (χ0) is 17.1. The maximum Gasteiger partial charge on any atom is 0.416 e. The van der Waals surface area contributed by atoms with Crippen molar-refractivity contribution in [2.24, 2.45) is 0 Å². The van der Waals surface area contributed by atoms with Crippen LogP contribution in [0, 0.1) is 6.92 Å². The molecule has 22 heavy (non-hydrogen) atoms. The number of aliphatic hydroxyl groups is 1. The minimum absolute atomic E-state index is 0.129. The number of likely N-dealkylation sites (N-methyl/N-ethyl adjacent to an activating group) is 1. The molecule has 1 aromatic carbocycles. The van der Waals surface area contributed by atoms with Crippen LogP contribution in [0.2, 0.25) is 0 Å². The van der Waals surface area contributed by atoms with E-state index in [4.69, 9.17) is 5.11 Å². The minimum atomic E-state index is -4.59. The van der Waals surface area contributed by atoms with E-state index in [1.54, 1.807) is 0 Å². The summed E-state index contributed by atoms with van der Waals surface area (Å²) < 4.78 is 63.9. The van der Waals surface area contributed by atoms with Gasteiger partial charge in [-0.25, -0.2) is 8.42 Å². The van der Waals surface area contributed by atoms with E-state index in [1.807, 2.05) is 4.72 Å². The van der Waals surface area contributed by atoms with E-state index >= 15 is 0 Å². The quantitative estimate of drug-likeness (QED) is 0.723. The molecule has 0 saturated carbocycles. The van der Waals surface area contributed by atoms with Crippen LogP contribution in [0.1, 0.15) is 11.1 Å². The maximum absolute atomic E-state index is 12.6. The zero-order valence-corrected chi connectivity index (χ0v) is 12.5. The van der Waals surface area contributed by atoms with E-state index in [1.165, 1.54) is 14.0 Å². The highest BCUT2D eigenvalue weighted by Crippen LogP contribution is 2.31. The number of rotatable bonds is 5. The summed E-state index contributed by atoms with van der Waals surface area (Å²) in [6.07, 6.45) is -4.59. The molecule has 1 unspecified atom stereocenters. The van der Waals surface area contributed by atoms with E-state index < -0.39 is 45.2 Å². The highest BCUT2D eigenvalue weighted by molar-refractivity contribution is 7.89. The summed E-state index contributed by atoms with van der Waals surface area (Å²) in [4.78, 5) is 11.0. The van der Waals surface area contributed by atoms with E-state index in [0.717, 1.165) is 6.07 Å². The second kappa shape index (κ2) is 6.63. The summed E-state index contributed by atoms with van der Waals surface area (Å²) in [6, 6.07) is 0.702. The summed E-state index contributed by atoms with van der Waals surface area (Å²) in [7, 11) is -3.01. The smallest absolute Gasteiger partial charge is 0.394 e. The number of carbonyl (C=O) groups is 1. The van der Waals surface area contributed by atoms with Gasteiger partial charge in [0.05, 0.1) is 17.1 Å². The Hall–Kier alpha value is -1.65. The molecule has 124 valence electrons. The van der Waals surface area contributed by atoms with Crippen LogP contribution < -0.4 is 10.0 Å². The second-order valence-corrected chi connectivity index (χ2v) is 6.13. The number of nitrogens with one attached hydrogen (secondary N) is 2. The number of alkyl halides is 3. The lowest BCUT2D eigenvalue weighted by Crippen LogP contribution is -2.47. The molecule has 1 atom stereocenters. The number of aryl methyl sites for hydroxylation is 1. The molecule has 1 rings (SSSR count). The SMILES string of the molecule is CNC(=O)C(CO)NS(=O)(=O)c1ccc(C(F)(F)F)cc1C. The van der Waals surface area contributed by atoms with Crippen molar-refractivity contribution in [2.75, 3.05) is 13.7 Å². The molecular formula is C12H15F3N2O4S. The lowest BCUT2D eigenvalue weighted by molar-refractivity contribution is -0.137. The standard InChI is InChI=1S/C12H15F3N2O4S/c1-7-5-8(12(13,14)15)3-4-10(7)22(20,21)17-9(6-18)11(19)16-2/h3-5,9,17-18H,6H2,1-2H3,(H,16,19). The van der Waals surface area contributed by atoms with Crippen LogP contribution >= 0.6 is 0 Å². The number of halogens is 3. The Kier molecular flexibility index (Phi) is 5.54. The monoisotopic (exact) mass is 340 g/mol. The number of aliphatic hydroxyl groups excluding tert-OH is 1. The van der Waals surface area contributed by atoms with Gasteiger partial charge in [0, 0.05) is 7.05 Å². The summed E-state index contributed by atoms with van der Waals surface area (Å²) in [5, 5.41) is 11.2. The third-order valence-corrected chi connectivity index (χ3v) is 4.47. The summed E-state index contributed by atoms with van der Waals surface area (Å²) in [6.45, 7) is 0.413. The number of carbonyl (C=O) groups excluding carboxylic acids is 1. The molecule has 0 fully saturated rings. The van der Waals surface area contributed by atoms with Crippen molar-refractivity contribution in [3.05, 3.63) is 29.3 Å². The molecular weight excluding hydrogens is 325 g/mol. The third kappa shape index (κ3) is 4.18. The Bertz CT molecular complexity index is 659. The predicted molar refractivity (Wildman–Crippen MR) is 71.4 cm³/mol. The van der Waals surface area contributed by atoms with Gasteiger partial charge in [-0.2, -0.15) is 17.9 Å². The van der Waals surface area contributed by atoms with Gasteiger partial charge in [-0.05, 0) is 30.7 Å². The predicted octanol–water partition coefficient (Wildman–Crippen LogP) is 0.399. The molecule has 0 aromatic heterocycles. The fourth-order valence-electron chi connectivity index (χ4n) is 1.73. The molecule has 3 N–H and O–H groups in total. The van der Waals surface area contributed by atoms with Gasteiger partial charge in [-0.1, -0.05) is 0 Å². The lowest BCUT2D eigenvalue weighted by Gasteiger charge is -2.17. The summed E-state index contributed by atoms with van der Waals surface area (Å²) >= 11 is 0. The van der Waals surface area contributed by atoms with Crippen molar-refractivity contribution < 1.29 is 31.5 Å². The molecule has 0 aliphatic heterocycles. The van der Waals surface area contributed by atoms with Crippen LogP contribution in [0.15, 0.2) is 23.1 Å². The fraction of sp³-hybridized carbons (Fsp3) is 0.417. The minimum Gasteiger partial charge on any atom is -0.394 e. The fourth-order valence-corrected chi connectivity index (χ4v) is 3.14. The molecule has 0 radical (unpaired) electrons. The van der Waals surface area contributed by atoms with Gasteiger partial charge in [0.1, 0.15) is 6.04 Å². The largest absolute Gasteiger partial charge is 0.416 e. The summed E-state index contributed by atoms with van der Waals surface area (Å²) in [5.74, 6) is -0.768. The average Bonchev–Trinajstić information content (AvgIpc) is 2.42. The van der Waals surface area contributed by atoms with Crippen LogP contribution in [-0.2, 0) is 21.0 Å². The van der Waals surface area contributed by atoms with Crippen molar-refractivity contribution in [3.8, 4) is 0 Å². The normalized spacial score (nSPS) is 13.7. The first-order chi connectivity index (χ1) is 10.0. The van der Waals surface area contributed by atoms with Crippen LogP contribution in [0.4, 0.5) is 13.2 Å². The van der Waals surface area contributed by atoms with Crippen molar-refractivity contribution in [1.82, 2.24) is 10.0 Å². The molecule has 6 nitrogen and oxygen atoms in total. The van der Waals surface area contributed by atoms with Crippen molar-refractivity contribution >= 4 is 15.9 Å². The molecule has 0 bridgehead atoms. The van der Waals surface area contributed by atoms with Crippen molar-refractivity contribution in [2.45, 2.75) is 24.0 Å². The first-order valence-corrected chi connectivity index (χ1v) is 7.54. The van der Waals surface area contributed by atoms with Gasteiger partial charge in [-0.15, -0.1) is 0 Å². The van der Waals surface area contributed by atoms with Gasteiger partial charge in [-0.3, -0.25) is 4.79 Å². The molecule has 1 aromatic rings. The third-order valence-electron chi connectivity index (χ3n) is 2.83. The van der Waals surface area contributed by atoms with Gasteiger partial charge in [0.15, 0.2) is 0 Å². The number of hydrogen-bond acceptors (Lipinski definition) is 4. The van der Waals surface area contributed by atoms with Crippen molar-refractivity contribution in [3.63, 3.8) is 0 Å². The zero-order valence-electron chi connectivity index (χ0n) is 11.7. The molecule has 0 aliphatic carbocycles. The number of sulfonamides is 1. The molecule has 10 heteroatoms. The Balaban J connectivity index is 3.16. The first kappa shape index (κ1) is 18.4. The maximum atomic E-state index is 12.6. The molecule has 0 saturated heterocycles. The Labute approximate surface area is 125 Å². The van der Waals surface area contributed by atoms with E-state index in [9.17, 15) is 26.4 Å². The van der Waals surface area contributed by atoms with Gasteiger partial charge in [0.25, 0.3) is 0 Å². The van der Waals surface area contributed by atoms with E-state index in [-0.39, 0.29) is 5.56 Å². The van der Waals surface area contributed by atoms with E-state index in [0.29, 0.717) is 12.1 Å². The van der Waals surface area contributed by atoms with Gasteiger partial charge >= 0.3 is 6.18 Å². The second-order valence-electron chi connectivity index (χ2n) is 4.45. The average molecular weight is 340 g/mol. The Morgan fingerprint density at radius 2 is 1.95 bits per heavy atom. The van der Waals surface area contributed by atoms with Crippen LogP contribution in [0.25, 0.3) is 0 Å². The van der Waals surface area contributed by atoms with Crippen LogP contribution in [-0.4, -0.2) is 39.1 Å². The molecule has 0 aliphatic rings. The number of benzene rings is 1. The van der Waals surface area contributed by atoms with E-state index in [2.05, 4.69) is 5.32 Å². The molecule has 1 amide bonds.